The van der Waals surface area contributed by atoms with Crippen LogP contribution in [0.2, 0.25) is 0 Å². The van der Waals surface area contributed by atoms with Crippen LogP contribution in [0.1, 0.15) is 71.6 Å². The normalized spacial score (nSPS) is 20.7. The van der Waals surface area contributed by atoms with Gasteiger partial charge in [-0.2, -0.15) is 0 Å². The van der Waals surface area contributed by atoms with Crippen LogP contribution in [0.15, 0.2) is 0 Å². The van der Waals surface area contributed by atoms with Gasteiger partial charge in [-0.25, -0.2) is 0 Å². The molecule has 3 nitrogen and oxygen atoms in total. The van der Waals surface area contributed by atoms with Crippen LogP contribution in [0.4, 0.5) is 0 Å². The fraction of sp³-hybridized carbons (Fsp3) is 1.00. The maximum Gasteiger partial charge on any atom is -0.00196 e. The molecule has 2 rings (SSSR count). The number of nitrogens with one attached hydrogen (secondary N) is 3. The summed E-state index contributed by atoms with van der Waals surface area (Å²) in [6.45, 7) is 7.33. The van der Waals surface area contributed by atoms with Crippen molar-refractivity contribution in [2.45, 2.75) is 71.6 Å². The zero-order chi connectivity index (χ0) is 14.6. The lowest BCUT2D eigenvalue weighted by atomic mass is 9.87. The Balaban J connectivity index is 0.00000242. The highest BCUT2D eigenvalue weighted by molar-refractivity contribution is 4.70. The number of unbranched alkanes of at least 4 members (excludes halogenated alkanes) is 1. The minimum Gasteiger partial charge on any atom is -0.317 e. The summed E-state index contributed by atoms with van der Waals surface area (Å²) in [7, 11) is 0. The van der Waals surface area contributed by atoms with E-state index in [2.05, 4.69) is 16.0 Å². The van der Waals surface area contributed by atoms with Crippen LogP contribution in [0.5, 0.6) is 0 Å². The van der Waals surface area contributed by atoms with Gasteiger partial charge in [0.1, 0.15) is 0 Å². The molecule has 0 spiro atoms. The molecule has 1 aliphatic carbocycles. The molecule has 2 fully saturated rings. The van der Waals surface area contributed by atoms with Crippen molar-refractivity contribution >= 4 is 0 Å². The average molecular weight is 312 g/mol. The van der Waals surface area contributed by atoms with Gasteiger partial charge in [0, 0.05) is 0 Å². The second-order valence-corrected chi connectivity index (χ2v) is 7.15. The van der Waals surface area contributed by atoms with E-state index in [0.717, 1.165) is 11.8 Å². The van der Waals surface area contributed by atoms with Gasteiger partial charge in [-0.3, -0.25) is 0 Å². The van der Waals surface area contributed by atoms with Gasteiger partial charge in [0.15, 0.2) is 0 Å². The van der Waals surface area contributed by atoms with E-state index in [1.807, 2.05) is 0 Å². The van der Waals surface area contributed by atoms with E-state index >= 15 is 0 Å². The summed E-state index contributed by atoms with van der Waals surface area (Å²) < 4.78 is 0. The summed E-state index contributed by atoms with van der Waals surface area (Å²) in [5.74, 6) is 1.94. The van der Waals surface area contributed by atoms with Crippen LogP contribution in [-0.4, -0.2) is 39.3 Å². The number of piperidine rings is 1. The van der Waals surface area contributed by atoms with Crippen molar-refractivity contribution in [3.05, 3.63) is 0 Å². The fourth-order valence-electron chi connectivity index (χ4n) is 3.80. The van der Waals surface area contributed by atoms with Crippen molar-refractivity contribution in [3.63, 3.8) is 0 Å². The lowest BCUT2D eigenvalue weighted by molar-refractivity contribution is 0.333. The smallest absolute Gasteiger partial charge is 0.00196 e. The van der Waals surface area contributed by atoms with Gasteiger partial charge in [-0.05, 0) is 83.2 Å². The first-order valence-corrected chi connectivity index (χ1v) is 9.57. The Kier molecular flexibility index (Phi) is 12.1. The van der Waals surface area contributed by atoms with Crippen LogP contribution in [0, 0.1) is 11.8 Å². The Morgan fingerprint density at radius 1 is 0.727 bits per heavy atom. The van der Waals surface area contributed by atoms with Crippen LogP contribution in [0.3, 0.4) is 0 Å². The Hall–Kier alpha value is -0.120. The Labute approximate surface area is 139 Å². The van der Waals surface area contributed by atoms with Gasteiger partial charge >= 0.3 is 0 Å². The molecule has 0 bridgehead atoms. The zero-order valence-corrected chi connectivity index (χ0v) is 14.0. The number of rotatable bonds is 10. The SMILES string of the molecule is C.C1CCC(CCNCCCCNCC2CCNCC2)CC1. The third-order valence-corrected chi connectivity index (χ3v) is 5.30. The van der Waals surface area contributed by atoms with Gasteiger partial charge in [-0.15, -0.1) is 0 Å². The van der Waals surface area contributed by atoms with E-state index in [9.17, 15) is 0 Å². The van der Waals surface area contributed by atoms with Crippen LogP contribution < -0.4 is 16.0 Å². The molecular weight excluding hydrogens is 270 g/mol. The van der Waals surface area contributed by atoms with E-state index in [-0.39, 0.29) is 7.43 Å². The summed E-state index contributed by atoms with van der Waals surface area (Å²) in [6, 6.07) is 0. The van der Waals surface area contributed by atoms with Gasteiger partial charge in [0.2, 0.25) is 0 Å². The van der Waals surface area contributed by atoms with Gasteiger partial charge in [0.25, 0.3) is 0 Å². The molecule has 2 aliphatic rings. The van der Waals surface area contributed by atoms with Crippen molar-refractivity contribution in [3.8, 4) is 0 Å². The Morgan fingerprint density at radius 3 is 2.14 bits per heavy atom. The van der Waals surface area contributed by atoms with Crippen LogP contribution in [-0.2, 0) is 0 Å². The maximum atomic E-state index is 3.64. The van der Waals surface area contributed by atoms with E-state index in [0.29, 0.717) is 0 Å². The highest BCUT2D eigenvalue weighted by Crippen LogP contribution is 2.25. The largest absolute Gasteiger partial charge is 0.317 e. The zero-order valence-electron chi connectivity index (χ0n) is 14.0. The van der Waals surface area contributed by atoms with Gasteiger partial charge in [0.05, 0.1) is 0 Å². The lowest BCUT2D eigenvalue weighted by Gasteiger charge is -2.22. The molecular formula is C19H41N3. The topological polar surface area (TPSA) is 36.1 Å². The molecule has 1 aliphatic heterocycles. The summed E-state index contributed by atoms with van der Waals surface area (Å²) in [5.41, 5.74) is 0. The second kappa shape index (κ2) is 13.3. The molecule has 0 amide bonds. The molecule has 0 aromatic carbocycles. The van der Waals surface area contributed by atoms with Crippen molar-refractivity contribution in [2.24, 2.45) is 11.8 Å². The van der Waals surface area contributed by atoms with Crippen molar-refractivity contribution in [2.75, 3.05) is 39.3 Å². The van der Waals surface area contributed by atoms with Crippen LogP contribution >= 0.6 is 0 Å². The molecule has 0 unspecified atom stereocenters. The highest BCUT2D eigenvalue weighted by Gasteiger charge is 2.12. The quantitative estimate of drug-likeness (QED) is 0.540. The van der Waals surface area contributed by atoms with E-state index in [1.54, 1.807) is 0 Å². The number of hydrogen-bond acceptors (Lipinski definition) is 3. The minimum absolute atomic E-state index is 0. The minimum atomic E-state index is 0. The third kappa shape index (κ3) is 9.12. The lowest BCUT2D eigenvalue weighted by Crippen LogP contribution is -2.34. The summed E-state index contributed by atoms with van der Waals surface area (Å²) in [6.07, 6.45) is 14.2. The molecule has 22 heavy (non-hydrogen) atoms. The standard InChI is InChI=1S/C18H37N3.CH4/c1-2-6-17(7-3-1)8-13-19-11-4-5-12-21-16-18-9-14-20-15-10-18;/h17-21H,1-16H2;1H4. The fourth-order valence-corrected chi connectivity index (χ4v) is 3.80. The molecule has 0 atom stereocenters. The average Bonchev–Trinajstić information content (AvgIpc) is 2.55. The summed E-state index contributed by atoms with van der Waals surface area (Å²) >= 11 is 0. The van der Waals surface area contributed by atoms with Crippen molar-refractivity contribution in [1.82, 2.24) is 16.0 Å². The van der Waals surface area contributed by atoms with Crippen molar-refractivity contribution in [1.29, 1.82) is 0 Å². The van der Waals surface area contributed by atoms with E-state index < -0.39 is 0 Å². The molecule has 132 valence electrons. The Morgan fingerprint density at radius 2 is 1.41 bits per heavy atom. The molecule has 3 N–H and O–H groups in total. The summed E-state index contributed by atoms with van der Waals surface area (Å²) in [5, 5.41) is 10.7. The summed E-state index contributed by atoms with van der Waals surface area (Å²) in [4.78, 5) is 0. The Bertz CT molecular complexity index is 209. The molecule has 1 heterocycles. The predicted molar refractivity (Wildman–Crippen MR) is 98.5 cm³/mol. The highest BCUT2D eigenvalue weighted by atomic mass is 14.9. The molecule has 3 heteroatoms. The van der Waals surface area contributed by atoms with Crippen LogP contribution in [0.25, 0.3) is 0 Å². The third-order valence-electron chi connectivity index (χ3n) is 5.30. The molecule has 0 radical (unpaired) electrons. The molecule has 0 aromatic rings. The monoisotopic (exact) mass is 311 g/mol. The molecule has 0 aromatic heterocycles. The maximum absolute atomic E-state index is 3.64. The number of hydrogen-bond donors (Lipinski definition) is 3. The first-order valence-electron chi connectivity index (χ1n) is 9.57. The molecule has 1 saturated heterocycles. The van der Waals surface area contributed by atoms with E-state index in [1.165, 1.54) is 103 Å². The molecule has 1 saturated carbocycles. The first kappa shape index (κ1) is 19.9. The van der Waals surface area contributed by atoms with Gasteiger partial charge in [-0.1, -0.05) is 39.5 Å². The van der Waals surface area contributed by atoms with E-state index in [4.69, 9.17) is 0 Å². The second-order valence-electron chi connectivity index (χ2n) is 7.15. The first-order chi connectivity index (χ1) is 10.4. The van der Waals surface area contributed by atoms with Gasteiger partial charge < -0.3 is 16.0 Å². The predicted octanol–water partition coefficient (Wildman–Crippen LogP) is 3.55. The van der Waals surface area contributed by atoms with Crippen molar-refractivity contribution < 1.29 is 0 Å².